The first-order valence-electron chi connectivity index (χ1n) is 17.7. The minimum Gasteiger partial charge on any atom is -0.480 e. The highest BCUT2D eigenvalue weighted by Gasteiger charge is 2.50. The Labute approximate surface area is 326 Å². The van der Waals surface area contributed by atoms with Crippen molar-refractivity contribution in [3.05, 3.63) is 0 Å². The third-order valence-corrected chi connectivity index (χ3v) is 8.78. The van der Waals surface area contributed by atoms with Crippen LogP contribution in [0.4, 0.5) is 0 Å². The van der Waals surface area contributed by atoms with Gasteiger partial charge in [-0.25, -0.2) is 9.36 Å². The van der Waals surface area contributed by atoms with E-state index in [1.807, 2.05) is 0 Å². The first-order valence-corrected chi connectivity index (χ1v) is 19.2. The van der Waals surface area contributed by atoms with Crippen LogP contribution in [0.2, 0.25) is 0 Å². The minimum atomic E-state index is -5.27. The molecule has 0 unspecified atom stereocenters. The summed E-state index contributed by atoms with van der Waals surface area (Å²) in [5.74, 6) is -8.05. The normalized spacial score (nSPS) is 22.6. The van der Waals surface area contributed by atoms with Crippen LogP contribution >= 0.6 is 7.82 Å². The fraction of sp³-hybridized carbons (Fsp3) is 0.742. The van der Waals surface area contributed by atoms with E-state index in [1.54, 1.807) is 0 Å². The third-order valence-electron chi connectivity index (χ3n) is 8.30. The fourth-order valence-electron chi connectivity index (χ4n) is 5.17. The van der Waals surface area contributed by atoms with Gasteiger partial charge in [-0.05, 0) is 59.9 Å². The smallest absolute Gasteiger partial charge is 0.472 e. The second kappa shape index (κ2) is 23.8. The number of phosphoric ester groups is 1. The average Bonchev–Trinajstić information content (AvgIpc) is 3.10. The van der Waals surface area contributed by atoms with E-state index >= 15 is 0 Å². The zero-order valence-corrected chi connectivity index (χ0v) is 32.8. The van der Waals surface area contributed by atoms with Gasteiger partial charge in [0.2, 0.25) is 35.4 Å². The molecule has 0 spiro atoms. The first kappa shape index (κ1) is 50.7. The van der Waals surface area contributed by atoms with Gasteiger partial charge in [-0.15, -0.1) is 0 Å². The monoisotopic (exact) mass is 843 g/mol. The number of carboxylic acid groups (broad SMARTS) is 2. The Balaban J connectivity index is 2.93. The van der Waals surface area contributed by atoms with E-state index in [0.717, 1.165) is 13.8 Å². The number of nitrogens with one attached hydrogen (secondary N) is 6. The summed E-state index contributed by atoms with van der Waals surface area (Å²) in [5, 5.41) is 52.8. The molecule has 14 N–H and O–H groups in total. The number of aliphatic hydroxyl groups excluding tert-OH is 2. The van der Waals surface area contributed by atoms with Crippen molar-refractivity contribution >= 4 is 55.2 Å². The van der Waals surface area contributed by atoms with Crippen LogP contribution in [0.15, 0.2) is 0 Å². The predicted molar refractivity (Wildman–Crippen MR) is 191 cm³/mol. The molecule has 6 amide bonds. The van der Waals surface area contributed by atoms with E-state index in [2.05, 4.69) is 36.4 Å². The van der Waals surface area contributed by atoms with Gasteiger partial charge in [0.1, 0.15) is 60.7 Å². The Morgan fingerprint density at radius 2 is 1.33 bits per heavy atom. The van der Waals surface area contributed by atoms with Gasteiger partial charge in [0.25, 0.3) is 0 Å². The summed E-state index contributed by atoms with van der Waals surface area (Å²) in [6.07, 6.45) is -8.59. The number of rotatable bonds is 24. The zero-order chi connectivity index (χ0) is 43.8. The molecule has 0 radical (unpaired) electrons. The Morgan fingerprint density at radius 3 is 1.84 bits per heavy atom. The molecular formula is C31H54N7O18P. The number of amides is 6. The van der Waals surface area contributed by atoms with Gasteiger partial charge < -0.3 is 77.3 Å². The molecule has 1 aliphatic rings. The van der Waals surface area contributed by atoms with E-state index in [-0.39, 0.29) is 13.0 Å². The number of nitrogens with two attached hydrogens (primary N) is 1. The molecule has 1 saturated heterocycles. The van der Waals surface area contributed by atoms with Crippen molar-refractivity contribution < 1.29 is 87.1 Å². The van der Waals surface area contributed by atoms with Gasteiger partial charge in [-0.3, -0.25) is 38.1 Å². The number of carbonyl (C=O) groups excluding carboxylic acids is 6. The lowest BCUT2D eigenvalue weighted by Crippen LogP contribution is -2.66. The maximum atomic E-state index is 13.0. The molecule has 25 nitrogen and oxygen atoms in total. The Bertz CT molecular complexity index is 1480. The van der Waals surface area contributed by atoms with E-state index < -0.39 is 142 Å². The van der Waals surface area contributed by atoms with E-state index in [4.69, 9.17) is 20.3 Å². The van der Waals surface area contributed by atoms with Crippen molar-refractivity contribution in [3.8, 4) is 0 Å². The highest BCUT2D eigenvalue weighted by molar-refractivity contribution is 7.46. The zero-order valence-electron chi connectivity index (χ0n) is 31.9. The molecule has 326 valence electrons. The second-order valence-corrected chi connectivity index (χ2v) is 14.3. The lowest BCUT2D eigenvalue weighted by molar-refractivity contribution is -0.261. The van der Waals surface area contributed by atoms with Crippen LogP contribution in [-0.4, -0.2) is 158 Å². The molecule has 0 aliphatic carbocycles. The van der Waals surface area contributed by atoms with Crippen LogP contribution in [0.3, 0.4) is 0 Å². The summed E-state index contributed by atoms with van der Waals surface area (Å²) < 4.78 is 26.9. The minimum absolute atomic E-state index is 0.0816. The average molecular weight is 844 g/mol. The lowest BCUT2D eigenvalue weighted by atomic mass is 9.96. The number of unbranched alkanes of at least 4 members (excludes halogenated alkanes) is 1. The summed E-state index contributed by atoms with van der Waals surface area (Å²) in [4.78, 5) is 118. The number of phosphoric acid groups is 1. The quantitative estimate of drug-likeness (QED) is 0.0320. The highest BCUT2D eigenvalue weighted by Crippen LogP contribution is 2.41. The fourth-order valence-corrected chi connectivity index (χ4v) is 5.63. The number of hydrogen-bond acceptors (Lipinski definition) is 15. The molecular weight excluding hydrogens is 789 g/mol. The van der Waals surface area contributed by atoms with E-state index in [0.29, 0.717) is 12.8 Å². The molecule has 0 saturated carbocycles. The number of hydrogen-bond donors (Lipinski definition) is 13. The third kappa shape index (κ3) is 17.8. The number of aliphatic hydroxyl groups is 2. The van der Waals surface area contributed by atoms with Crippen molar-refractivity contribution in [1.29, 1.82) is 0 Å². The maximum Gasteiger partial charge on any atom is 0.472 e. The summed E-state index contributed by atoms with van der Waals surface area (Å²) in [6.45, 7) is 5.24. The molecule has 1 fully saturated rings. The number of ether oxygens (including phenoxy) is 2. The lowest BCUT2D eigenvalue weighted by Gasteiger charge is -2.44. The maximum absolute atomic E-state index is 13.0. The Kier molecular flexibility index (Phi) is 21.2. The highest BCUT2D eigenvalue weighted by atomic mass is 31.2. The summed E-state index contributed by atoms with van der Waals surface area (Å²) in [5.41, 5.74) is 5.52. The number of carboxylic acids is 2. The van der Waals surface area contributed by atoms with Gasteiger partial charge in [-0.2, -0.15) is 0 Å². The van der Waals surface area contributed by atoms with Crippen LogP contribution in [0.25, 0.3) is 0 Å². The summed E-state index contributed by atoms with van der Waals surface area (Å²) >= 11 is 0. The SMILES string of the molecule is CC(=O)N[C@H]1[C@@H](OP(=O)(O)O)O[C@H](CO)[C@@H](O)[C@@H]1O[C@H](C)C(=O)N[C@@H](C)C(=O)N[C@H](CCC(=O)N[C@@H](CCCCN)C(=O)N[C@H](C)C(=O)N[C@H](C)C(=O)O)C(=O)O. The second-order valence-electron chi connectivity index (χ2n) is 13.2. The van der Waals surface area contributed by atoms with Crippen molar-refractivity contribution in [3.63, 3.8) is 0 Å². The standard InChI is InChI=1S/C31H54N7O18P/c1-13(25(43)35-15(3)29(47)48)34-28(46)18(8-6-7-11-32)37-21(41)10-9-19(30(49)50)38-26(44)14(2)33-27(45)16(4)54-24-22(36-17(5)40)31(56-57(51,52)53)55-20(12-39)23(24)42/h13-16,18-20,22-24,31,39,42H,6-12,32H2,1-5H3,(H,33,45)(H,34,46)(H,35,43)(H,36,40)(H,37,41)(H,38,44)(H,47,48)(H,49,50)(H2,51,52,53)/t13-,14+,15-,16-,18+,19-,20-,22-,23-,24-,31-/m1/s1. The summed E-state index contributed by atoms with van der Waals surface area (Å²) in [6, 6.07) is -8.35. The molecule has 1 aliphatic heterocycles. The Morgan fingerprint density at radius 1 is 0.772 bits per heavy atom. The van der Waals surface area contributed by atoms with Crippen LogP contribution < -0.4 is 37.6 Å². The van der Waals surface area contributed by atoms with Crippen molar-refractivity contribution in [2.24, 2.45) is 5.73 Å². The van der Waals surface area contributed by atoms with Gasteiger partial charge in [0.05, 0.1) is 6.61 Å². The summed E-state index contributed by atoms with van der Waals surface area (Å²) in [7, 11) is -5.27. The molecule has 0 aromatic rings. The van der Waals surface area contributed by atoms with Crippen LogP contribution in [0.1, 0.15) is 66.7 Å². The molecule has 0 aromatic carbocycles. The van der Waals surface area contributed by atoms with Gasteiger partial charge in [0, 0.05) is 13.3 Å². The van der Waals surface area contributed by atoms with Crippen molar-refractivity contribution in [1.82, 2.24) is 31.9 Å². The predicted octanol–water partition coefficient (Wildman–Crippen LogP) is -4.99. The number of aliphatic carboxylic acids is 2. The van der Waals surface area contributed by atoms with Gasteiger partial charge in [0.15, 0.2) is 6.29 Å². The molecule has 57 heavy (non-hydrogen) atoms. The number of carbonyl (C=O) groups is 8. The molecule has 11 atom stereocenters. The van der Waals surface area contributed by atoms with Crippen molar-refractivity contribution in [2.45, 2.75) is 134 Å². The first-order chi connectivity index (χ1) is 26.4. The molecule has 26 heteroatoms. The van der Waals surface area contributed by atoms with Crippen LogP contribution in [0, 0.1) is 0 Å². The van der Waals surface area contributed by atoms with E-state index in [9.17, 15) is 68.0 Å². The van der Waals surface area contributed by atoms with Gasteiger partial charge >= 0.3 is 19.8 Å². The Hall–Kier alpha value is -4.33. The molecule has 1 heterocycles. The largest absolute Gasteiger partial charge is 0.480 e. The van der Waals surface area contributed by atoms with Crippen molar-refractivity contribution in [2.75, 3.05) is 13.2 Å². The van der Waals surface area contributed by atoms with Crippen LogP contribution in [0.5, 0.6) is 0 Å². The topological polar surface area (TPSA) is 401 Å². The molecule has 1 rings (SSSR count). The van der Waals surface area contributed by atoms with Gasteiger partial charge in [-0.1, -0.05) is 0 Å². The molecule has 0 aromatic heterocycles. The van der Waals surface area contributed by atoms with E-state index in [1.165, 1.54) is 20.8 Å². The van der Waals surface area contributed by atoms with Crippen LogP contribution in [-0.2, 0) is 56.9 Å². The molecule has 0 bridgehead atoms.